The van der Waals surface area contributed by atoms with Crippen LogP contribution in [0.4, 0.5) is 10.8 Å². The lowest BCUT2D eigenvalue weighted by Crippen LogP contribution is -2.27. The van der Waals surface area contributed by atoms with Gasteiger partial charge in [0.25, 0.3) is 5.56 Å². The zero-order valence-electron chi connectivity index (χ0n) is 14.4. The van der Waals surface area contributed by atoms with Gasteiger partial charge < -0.3 is 10.2 Å². The Hall–Kier alpha value is -2.74. The Labute approximate surface area is 154 Å². The summed E-state index contributed by atoms with van der Waals surface area (Å²) in [6.07, 6.45) is 3.69. The first kappa shape index (κ1) is 16.7. The molecule has 0 saturated carbocycles. The molecule has 0 spiro atoms. The van der Waals surface area contributed by atoms with Crippen molar-refractivity contribution in [3.05, 3.63) is 46.5 Å². The molecule has 1 fully saturated rings. The summed E-state index contributed by atoms with van der Waals surface area (Å²) in [6, 6.07) is 7.53. The van der Waals surface area contributed by atoms with Gasteiger partial charge in [-0.05, 0) is 31.4 Å². The summed E-state index contributed by atoms with van der Waals surface area (Å²) in [5, 5.41) is 3.67. The molecule has 1 N–H and O–H groups in total. The van der Waals surface area contributed by atoms with Gasteiger partial charge in [0.05, 0.1) is 0 Å². The molecule has 1 aliphatic rings. The third-order valence-electron chi connectivity index (χ3n) is 4.48. The van der Waals surface area contributed by atoms with Gasteiger partial charge in [0, 0.05) is 18.8 Å². The van der Waals surface area contributed by atoms with Crippen LogP contribution in [0.3, 0.4) is 0 Å². The average molecular weight is 369 g/mol. The van der Waals surface area contributed by atoms with E-state index in [0.29, 0.717) is 10.3 Å². The Morgan fingerprint density at radius 1 is 1.27 bits per heavy atom. The minimum Gasteiger partial charge on any atom is -0.348 e. The van der Waals surface area contributed by atoms with Crippen LogP contribution in [0.25, 0.3) is 10.3 Å². The first-order valence-electron chi connectivity index (χ1n) is 8.58. The molecule has 4 rings (SSSR count). The molecule has 8 heteroatoms. The second-order valence-corrected chi connectivity index (χ2v) is 7.36. The summed E-state index contributed by atoms with van der Waals surface area (Å²) in [5.41, 5.74) is 1.95. The summed E-state index contributed by atoms with van der Waals surface area (Å²) >= 11 is 1.36. The Balaban J connectivity index is 1.56. The third kappa shape index (κ3) is 3.20. The number of hydrogen-bond acceptors (Lipinski definition) is 6. The van der Waals surface area contributed by atoms with Crippen LogP contribution in [0.15, 0.2) is 35.4 Å². The fourth-order valence-corrected chi connectivity index (χ4v) is 4.07. The molecular weight excluding hydrogens is 350 g/mol. The van der Waals surface area contributed by atoms with Crippen LogP contribution in [0.2, 0.25) is 0 Å². The van der Waals surface area contributed by atoms with Crippen molar-refractivity contribution in [1.82, 2.24) is 14.5 Å². The van der Waals surface area contributed by atoms with E-state index in [9.17, 15) is 9.59 Å². The maximum absolute atomic E-state index is 12.7. The van der Waals surface area contributed by atoms with Crippen LogP contribution in [0.1, 0.15) is 18.4 Å². The molecular formula is C18H19N5O2S. The van der Waals surface area contributed by atoms with E-state index >= 15 is 0 Å². The molecule has 0 aliphatic carbocycles. The number of thiazole rings is 1. The van der Waals surface area contributed by atoms with Crippen molar-refractivity contribution >= 4 is 38.4 Å². The molecule has 1 amide bonds. The van der Waals surface area contributed by atoms with E-state index in [4.69, 9.17) is 0 Å². The standard InChI is InChI=1S/C18H19N5O2S/c1-12-6-2-3-7-13(12)20-14(24)10-23-11-19-16-15(17(23)25)26-18(21-16)22-8-4-5-9-22/h2-3,6-7,11H,4-5,8-10H2,1H3,(H,20,24). The van der Waals surface area contributed by atoms with E-state index in [-0.39, 0.29) is 18.0 Å². The third-order valence-corrected chi connectivity index (χ3v) is 5.58. The largest absolute Gasteiger partial charge is 0.348 e. The first-order valence-corrected chi connectivity index (χ1v) is 9.40. The smallest absolute Gasteiger partial charge is 0.273 e. The minimum absolute atomic E-state index is 0.0763. The number of fused-ring (bicyclic) bond motifs is 1. The molecule has 0 radical (unpaired) electrons. The molecule has 1 aromatic carbocycles. The molecule has 0 bridgehead atoms. The van der Waals surface area contributed by atoms with Crippen molar-refractivity contribution in [3.63, 3.8) is 0 Å². The van der Waals surface area contributed by atoms with Crippen molar-refractivity contribution in [2.24, 2.45) is 0 Å². The number of anilines is 2. The van der Waals surface area contributed by atoms with Crippen molar-refractivity contribution in [2.75, 3.05) is 23.3 Å². The number of nitrogens with one attached hydrogen (secondary N) is 1. The van der Waals surface area contributed by atoms with Crippen LogP contribution >= 0.6 is 11.3 Å². The summed E-state index contributed by atoms with van der Waals surface area (Å²) in [5.74, 6) is -0.258. The van der Waals surface area contributed by atoms with Gasteiger partial charge in [-0.3, -0.25) is 14.2 Å². The Morgan fingerprint density at radius 2 is 2.04 bits per heavy atom. The fraction of sp³-hybridized carbons (Fsp3) is 0.333. The number of aromatic nitrogens is 3. The number of para-hydroxylation sites is 1. The van der Waals surface area contributed by atoms with Gasteiger partial charge in [-0.15, -0.1) is 0 Å². The molecule has 7 nitrogen and oxygen atoms in total. The molecule has 26 heavy (non-hydrogen) atoms. The van der Waals surface area contributed by atoms with Crippen LogP contribution in [-0.2, 0) is 11.3 Å². The lowest BCUT2D eigenvalue weighted by atomic mass is 10.2. The maximum Gasteiger partial charge on any atom is 0.273 e. The summed E-state index contributed by atoms with van der Waals surface area (Å²) in [6.45, 7) is 3.78. The Kier molecular flexibility index (Phi) is 4.42. The normalized spacial score (nSPS) is 14.1. The lowest BCUT2D eigenvalue weighted by molar-refractivity contribution is -0.116. The van der Waals surface area contributed by atoms with Crippen LogP contribution in [0, 0.1) is 6.92 Å². The predicted molar refractivity (Wildman–Crippen MR) is 103 cm³/mol. The summed E-state index contributed by atoms with van der Waals surface area (Å²) in [4.78, 5) is 35.9. The number of carbonyl (C=O) groups excluding carboxylic acids is 1. The summed E-state index contributed by atoms with van der Waals surface area (Å²) in [7, 11) is 0. The van der Waals surface area contributed by atoms with Gasteiger partial charge in [-0.1, -0.05) is 29.5 Å². The molecule has 3 aromatic rings. The van der Waals surface area contributed by atoms with Crippen LogP contribution in [-0.4, -0.2) is 33.5 Å². The minimum atomic E-state index is -0.258. The number of benzene rings is 1. The molecule has 1 aliphatic heterocycles. The molecule has 2 aromatic heterocycles. The summed E-state index contributed by atoms with van der Waals surface area (Å²) < 4.78 is 1.83. The number of carbonyl (C=O) groups is 1. The predicted octanol–water partition coefficient (Wildman–Crippen LogP) is 2.40. The van der Waals surface area contributed by atoms with Crippen molar-refractivity contribution in [2.45, 2.75) is 26.3 Å². The topological polar surface area (TPSA) is 80.1 Å². The fourth-order valence-electron chi connectivity index (χ4n) is 3.05. The maximum atomic E-state index is 12.7. The van der Waals surface area contributed by atoms with Gasteiger partial charge in [0.1, 0.15) is 17.6 Å². The molecule has 1 saturated heterocycles. The quantitative estimate of drug-likeness (QED) is 0.764. The number of rotatable bonds is 4. The van der Waals surface area contributed by atoms with Gasteiger partial charge in [0.15, 0.2) is 10.8 Å². The van der Waals surface area contributed by atoms with Crippen molar-refractivity contribution < 1.29 is 4.79 Å². The zero-order valence-corrected chi connectivity index (χ0v) is 15.3. The second-order valence-electron chi connectivity index (χ2n) is 6.38. The number of nitrogens with zero attached hydrogens (tertiary/aromatic N) is 4. The second kappa shape index (κ2) is 6.87. The molecule has 3 heterocycles. The average Bonchev–Trinajstić information content (AvgIpc) is 3.29. The van der Waals surface area contributed by atoms with Crippen molar-refractivity contribution in [1.29, 1.82) is 0 Å². The number of hydrogen-bond donors (Lipinski definition) is 1. The Morgan fingerprint density at radius 3 is 2.81 bits per heavy atom. The van der Waals surface area contributed by atoms with E-state index in [1.54, 1.807) is 0 Å². The van der Waals surface area contributed by atoms with E-state index in [2.05, 4.69) is 20.2 Å². The molecule has 134 valence electrons. The van der Waals surface area contributed by atoms with Crippen molar-refractivity contribution in [3.8, 4) is 0 Å². The monoisotopic (exact) mass is 369 g/mol. The van der Waals surface area contributed by atoms with Gasteiger partial charge >= 0.3 is 0 Å². The highest BCUT2D eigenvalue weighted by Crippen LogP contribution is 2.27. The zero-order chi connectivity index (χ0) is 18.1. The van der Waals surface area contributed by atoms with Gasteiger partial charge in [0.2, 0.25) is 5.91 Å². The highest BCUT2D eigenvalue weighted by atomic mass is 32.1. The van der Waals surface area contributed by atoms with E-state index in [0.717, 1.165) is 42.3 Å². The first-order chi connectivity index (χ1) is 12.6. The molecule has 0 unspecified atom stereocenters. The Bertz CT molecular complexity index is 1020. The van der Waals surface area contributed by atoms with Crippen LogP contribution < -0.4 is 15.8 Å². The van der Waals surface area contributed by atoms with Gasteiger partial charge in [-0.2, -0.15) is 4.98 Å². The van der Waals surface area contributed by atoms with Crippen LogP contribution in [0.5, 0.6) is 0 Å². The van der Waals surface area contributed by atoms with E-state index < -0.39 is 0 Å². The SMILES string of the molecule is Cc1ccccc1NC(=O)Cn1cnc2nc(N3CCCC3)sc2c1=O. The van der Waals surface area contributed by atoms with Gasteiger partial charge in [-0.25, -0.2) is 4.98 Å². The highest BCUT2D eigenvalue weighted by Gasteiger charge is 2.19. The highest BCUT2D eigenvalue weighted by molar-refractivity contribution is 7.22. The number of amides is 1. The van der Waals surface area contributed by atoms with E-state index in [1.807, 2.05) is 31.2 Å². The lowest BCUT2D eigenvalue weighted by Gasteiger charge is -2.11. The molecule has 0 atom stereocenters. The number of aryl methyl sites for hydroxylation is 1. The van der Waals surface area contributed by atoms with E-state index in [1.165, 1.54) is 22.2 Å².